The average Bonchev–Trinajstić information content (AvgIpc) is 3.20. The second kappa shape index (κ2) is 4.96. The lowest BCUT2D eigenvalue weighted by Gasteiger charge is -2.19. The largest absolute Gasteiger partial charge is 0.497 e. The van der Waals surface area contributed by atoms with Gasteiger partial charge in [-0.25, -0.2) is 0 Å². The van der Waals surface area contributed by atoms with Crippen molar-refractivity contribution in [1.82, 2.24) is 9.78 Å². The van der Waals surface area contributed by atoms with Gasteiger partial charge in [0.2, 0.25) is 0 Å². The summed E-state index contributed by atoms with van der Waals surface area (Å²) in [5.41, 5.74) is 2.39. The molecule has 0 bridgehead atoms. The molecule has 3 rings (SSSR count). The second-order valence-electron chi connectivity index (χ2n) is 5.14. The molecule has 0 saturated heterocycles. The first-order valence-electron chi connectivity index (χ1n) is 6.65. The van der Waals surface area contributed by atoms with Crippen molar-refractivity contribution in [1.29, 1.82) is 0 Å². The van der Waals surface area contributed by atoms with Gasteiger partial charge in [-0.1, -0.05) is 12.1 Å². The molecule has 1 aromatic carbocycles. The highest BCUT2D eigenvalue weighted by atomic mass is 16.5. The van der Waals surface area contributed by atoms with Crippen LogP contribution in [-0.2, 0) is 7.05 Å². The first-order valence-corrected chi connectivity index (χ1v) is 6.65. The number of ether oxygens (including phenoxy) is 1. The van der Waals surface area contributed by atoms with E-state index in [0.29, 0.717) is 6.04 Å². The third-order valence-corrected chi connectivity index (χ3v) is 3.60. The number of hydrogen-bond donors (Lipinski definition) is 1. The summed E-state index contributed by atoms with van der Waals surface area (Å²) in [5.74, 6) is 1.63. The molecule has 1 aliphatic carbocycles. The topological polar surface area (TPSA) is 39.1 Å². The van der Waals surface area contributed by atoms with E-state index < -0.39 is 0 Å². The van der Waals surface area contributed by atoms with Crippen LogP contribution in [0.25, 0.3) is 0 Å². The fourth-order valence-electron chi connectivity index (χ4n) is 2.39. The van der Waals surface area contributed by atoms with Crippen LogP contribution in [-0.4, -0.2) is 16.9 Å². The van der Waals surface area contributed by atoms with Crippen LogP contribution in [0.5, 0.6) is 5.75 Å². The summed E-state index contributed by atoms with van der Waals surface area (Å²) in [5, 5.41) is 7.80. The molecule has 2 aromatic rings. The van der Waals surface area contributed by atoms with Crippen molar-refractivity contribution in [3.05, 3.63) is 42.2 Å². The number of benzene rings is 1. The Morgan fingerprint density at radius 1 is 1.32 bits per heavy atom. The number of anilines is 1. The SMILES string of the molecule is COc1ccc(C(Nc2cnn(C)c2)C2CC2)cc1. The van der Waals surface area contributed by atoms with Gasteiger partial charge in [-0.15, -0.1) is 0 Å². The lowest BCUT2D eigenvalue weighted by atomic mass is 10.0. The molecule has 0 amide bonds. The predicted molar refractivity (Wildman–Crippen MR) is 75.3 cm³/mol. The van der Waals surface area contributed by atoms with Gasteiger partial charge >= 0.3 is 0 Å². The van der Waals surface area contributed by atoms with Gasteiger partial charge in [0.05, 0.1) is 25.0 Å². The van der Waals surface area contributed by atoms with Gasteiger partial charge in [0, 0.05) is 13.2 Å². The van der Waals surface area contributed by atoms with Crippen molar-refractivity contribution < 1.29 is 4.74 Å². The fraction of sp³-hybridized carbons (Fsp3) is 0.400. The molecule has 0 spiro atoms. The van der Waals surface area contributed by atoms with Crippen LogP contribution in [0.1, 0.15) is 24.4 Å². The standard InChI is InChI=1S/C15H19N3O/c1-18-10-13(9-16-18)17-15(11-3-4-11)12-5-7-14(19-2)8-6-12/h5-11,15,17H,3-4H2,1-2H3. The smallest absolute Gasteiger partial charge is 0.118 e. The zero-order chi connectivity index (χ0) is 13.2. The Morgan fingerprint density at radius 3 is 2.58 bits per heavy atom. The van der Waals surface area contributed by atoms with E-state index in [-0.39, 0.29) is 0 Å². The molecule has 1 unspecified atom stereocenters. The van der Waals surface area contributed by atoms with E-state index in [1.54, 1.807) is 7.11 Å². The Hall–Kier alpha value is -1.97. The van der Waals surface area contributed by atoms with Gasteiger partial charge in [-0.05, 0) is 36.5 Å². The van der Waals surface area contributed by atoms with E-state index in [4.69, 9.17) is 4.74 Å². The Labute approximate surface area is 113 Å². The van der Waals surface area contributed by atoms with Crippen LogP contribution >= 0.6 is 0 Å². The summed E-state index contributed by atoms with van der Waals surface area (Å²) < 4.78 is 7.03. The summed E-state index contributed by atoms with van der Waals surface area (Å²) >= 11 is 0. The molecule has 100 valence electrons. The molecule has 1 aromatic heterocycles. The molecule has 4 heteroatoms. The lowest BCUT2D eigenvalue weighted by molar-refractivity contribution is 0.414. The van der Waals surface area contributed by atoms with Crippen LogP contribution in [0.4, 0.5) is 5.69 Å². The minimum absolute atomic E-state index is 0.370. The van der Waals surface area contributed by atoms with Crippen LogP contribution < -0.4 is 10.1 Å². The fourth-order valence-corrected chi connectivity index (χ4v) is 2.39. The van der Waals surface area contributed by atoms with Crippen LogP contribution in [0.2, 0.25) is 0 Å². The summed E-state index contributed by atoms with van der Waals surface area (Å²) in [6, 6.07) is 8.71. The zero-order valence-corrected chi connectivity index (χ0v) is 11.3. The van der Waals surface area contributed by atoms with E-state index in [1.807, 2.05) is 36.3 Å². The van der Waals surface area contributed by atoms with Crippen LogP contribution in [0, 0.1) is 5.92 Å². The maximum absolute atomic E-state index is 5.21. The predicted octanol–water partition coefficient (Wildman–Crippen LogP) is 2.99. The molecule has 1 saturated carbocycles. The summed E-state index contributed by atoms with van der Waals surface area (Å²) in [7, 11) is 3.63. The van der Waals surface area contributed by atoms with Crippen LogP contribution in [0.15, 0.2) is 36.7 Å². The molecular weight excluding hydrogens is 238 g/mol. The minimum atomic E-state index is 0.370. The summed E-state index contributed by atoms with van der Waals surface area (Å²) in [4.78, 5) is 0. The van der Waals surface area contributed by atoms with Gasteiger partial charge in [0.1, 0.15) is 5.75 Å². The number of aryl methyl sites for hydroxylation is 1. The Morgan fingerprint density at radius 2 is 2.05 bits per heavy atom. The number of nitrogens with one attached hydrogen (secondary N) is 1. The Kier molecular flexibility index (Phi) is 3.15. The molecule has 1 N–H and O–H groups in total. The highest BCUT2D eigenvalue weighted by Crippen LogP contribution is 2.43. The molecular formula is C15H19N3O. The molecule has 1 heterocycles. The van der Waals surface area contributed by atoms with E-state index in [2.05, 4.69) is 22.5 Å². The van der Waals surface area contributed by atoms with Crippen molar-refractivity contribution in [2.24, 2.45) is 13.0 Å². The van der Waals surface area contributed by atoms with Crippen molar-refractivity contribution >= 4 is 5.69 Å². The van der Waals surface area contributed by atoms with E-state index in [1.165, 1.54) is 18.4 Å². The van der Waals surface area contributed by atoms with Crippen molar-refractivity contribution in [3.63, 3.8) is 0 Å². The maximum Gasteiger partial charge on any atom is 0.118 e. The number of nitrogens with zero attached hydrogens (tertiary/aromatic N) is 2. The van der Waals surface area contributed by atoms with E-state index in [0.717, 1.165) is 17.4 Å². The Bertz CT molecular complexity index is 543. The Balaban J connectivity index is 1.79. The molecule has 19 heavy (non-hydrogen) atoms. The summed E-state index contributed by atoms with van der Waals surface area (Å²) in [6.45, 7) is 0. The van der Waals surface area contributed by atoms with Gasteiger partial charge in [-0.2, -0.15) is 5.10 Å². The highest BCUT2D eigenvalue weighted by molar-refractivity contribution is 5.43. The molecule has 0 aliphatic heterocycles. The van der Waals surface area contributed by atoms with E-state index in [9.17, 15) is 0 Å². The molecule has 4 nitrogen and oxygen atoms in total. The van der Waals surface area contributed by atoms with Crippen molar-refractivity contribution in [2.75, 3.05) is 12.4 Å². The van der Waals surface area contributed by atoms with Gasteiger partial charge in [0.15, 0.2) is 0 Å². The minimum Gasteiger partial charge on any atom is -0.497 e. The third kappa shape index (κ3) is 2.72. The molecule has 1 fully saturated rings. The molecule has 1 atom stereocenters. The maximum atomic E-state index is 5.21. The number of aromatic nitrogens is 2. The zero-order valence-electron chi connectivity index (χ0n) is 11.3. The van der Waals surface area contributed by atoms with Crippen LogP contribution in [0.3, 0.4) is 0 Å². The third-order valence-electron chi connectivity index (χ3n) is 3.60. The average molecular weight is 257 g/mol. The highest BCUT2D eigenvalue weighted by Gasteiger charge is 2.32. The number of rotatable bonds is 5. The van der Waals surface area contributed by atoms with Gasteiger partial charge in [0.25, 0.3) is 0 Å². The monoisotopic (exact) mass is 257 g/mol. The number of hydrogen-bond acceptors (Lipinski definition) is 3. The first kappa shape index (κ1) is 12.1. The molecule has 0 radical (unpaired) electrons. The quantitative estimate of drug-likeness (QED) is 0.895. The van der Waals surface area contributed by atoms with Crippen molar-refractivity contribution in [2.45, 2.75) is 18.9 Å². The normalized spacial score (nSPS) is 16.1. The molecule has 1 aliphatic rings. The first-order chi connectivity index (χ1) is 9.26. The second-order valence-corrected chi connectivity index (χ2v) is 5.14. The van der Waals surface area contributed by atoms with E-state index >= 15 is 0 Å². The lowest BCUT2D eigenvalue weighted by Crippen LogP contribution is -2.12. The van der Waals surface area contributed by atoms with Gasteiger partial charge < -0.3 is 10.1 Å². The van der Waals surface area contributed by atoms with Gasteiger partial charge in [-0.3, -0.25) is 4.68 Å². The number of methoxy groups -OCH3 is 1. The van der Waals surface area contributed by atoms with Crippen molar-refractivity contribution in [3.8, 4) is 5.75 Å². The summed E-state index contributed by atoms with van der Waals surface area (Å²) in [6.07, 6.45) is 6.48.